The molecule has 0 aliphatic heterocycles. The van der Waals surface area contributed by atoms with Crippen molar-refractivity contribution in [3.05, 3.63) is 28.5 Å². The zero-order chi connectivity index (χ0) is 11.4. The molecule has 0 N–H and O–H groups in total. The lowest BCUT2D eigenvalue weighted by Gasteiger charge is -2.05. The van der Waals surface area contributed by atoms with Crippen molar-refractivity contribution >= 4 is 17.6 Å². The summed E-state index contributed by atoms with van der Waals surface area (Å²) in [6.07, 6.45) is -1.72. The molecule has 1 rings (SSSR count). The van der Waals surface area contributed by atoms with Gasteiger partial charge in [-0.15, -0.1) is 0 Å². The van der Waals surface area contributed by atoms with Crippen LogP contribution in [0, 0.1) is 0 Å². The summed E-state index contributed by atoms with van der Waals surface area (Å²) in [7, 11) is 1.21. The van der Waals surface area contributed by atoms with Crippen LogP contribution in [0.25, 0.3) is 0 Å². The van der Waals surface area contributed by atoms with E-state index in [1.54, 1.807) is 0 Å². The van der Waals surface area contributed by atoms with Crippen molar-refractivity contribution in [2.75, 3.05) is 7.11 Å². The van der Waals surface area contributed by atoms with Crippen LogP contribution in [0.2, 0.25) is 5.02 Å². The summed E-state index contributed by atoms with van der Waals surface area (Å²) in [6.45, 7) is 0. The van der Waals surface area contributed by atoms with Crippen LogP contribution < -0.4 is 0 Å². The van der Waals surface area contributed by atoms with E-state index in [1.807, 2.05) is 0 Å². The normalized spacial score (nSPS) is 10.5. The topological polar surface area (TPSA) is 39.2 Å². The Labute approximate surface area is 90.0 Å². The molecule has 0 aliphatic carbocycles. The molecule has 0 amide bonds. The van der Waals surface area contributed by atoms with E-state index >= 15 is 0 Å². The second-order valence-electron chi connectivity index (χ2n) is 2.75. The lowest BCUT2D eigenvalue weighted by atomic mass is 10.1. The molecular formula is C9H8ClF2NO2. The molecule has 82 valence electrons. The first-order valence-electron chi connectivity index (χ1n) is 4.04. The highest BCUT2D eigenvalue weighted by atomic mass is 35.5. The summed E-state index contributed by atoms with van der Waals surface area (Å²) in [5.74, 6) is -0.539. The number of methoxy groups -OCH3 is 1. The van der Waals surface area contributed by atoms with E-state index in [9.17, 15) is 13.6 Å². The number of halogens is 3. The quantitative estimate of drug-likeness (QED) is 0.755. The zero-order valence-electron chi connectivity index (χ0n) is 7.84. The van der Waals surface area contributed by atoms with E-state index in [0.717, 1.165) is 12.3 Å². The number of aromatic nitrogens is 1. The minimum absolute atomic E-state index is 0.141. The molecule has 0 atom stereocenters. The van der Waals surface area contributed by atoms with E-state index in [0.29, 0.717) is 0 Å². The number of esters is 1. The number of carbonyl (C=O) groups excluding carboxylic acids is 1. The number of rotatable bonds is 3. The van der Waals surface area contributed by atoms with Crippen molar-refractivity contribution in [1.29, 1.82) is 0 Å². The maximum Gasteiger partial charge on any atom is 0.310 e. The van der Waals surface area contributed by atoms with Gasteiger partial charge in [0.2, 0.25) is 0 Å². The number of carbonyl (C=O) groups is 1. The van der Waals surface area contributed by atoms with E-state index in [4.69, 9.17) is 11.6 Å². The average molecular weight is 236 g/mol. The van der Waals surface area contributed by atoms with Crippen molar-refractivity contribution in [2.24, 2.45) is 0 Å². The van der Waals surface area contributed by atoms with Gasteiger partial charge in [0.25, 0.3) is 6.43 Å². The Morgan fingerprint density at radius 2 is 2.33 bits per heavy atom. The standard InChI is InChI=1S/C9H8ClF2NO2/c1-15-8(14)3-5-2-7(9(11)12)13-4-6(5)10/h2,4,9H,3H2,1H3. The van der Waals surface area contributed by atoms with Crippen molar-refractivity contribution in [3.63, 3.8) is 0 Å². The lowest BCUT2D eigenvalue weighted by molar-refractivity contribution is -0.139. The molecule has 15 heavy (non-hydrogen) atoms. The summed E-state index contributed by atoms with van der Waals surface area (Å²) in [6, 6.07) is 1.10. The van der Waals surface area contributed by atoms with Crippen molar-refractivity contribution in [1.82, 2.24) is 4.98 Å². The first kappa shape index (κ1) is 11.8. The van der Waals surface area contributed by atoms with Gasteiger partial charge < -0.3 is 4.74 Å². The van der Waals surface area contributed by atoms with Gasteiger partial charge in [0, 0.05) is 6.20 Å². The SMILES string of the molecule is COC(=O)Cc1cc(C(F)F)ncc1Cl. The molecule has 0 saturated carbocycles. The molecule has 3 nitrogen and oxygen atoms in total. The van der Waals surface area contributed by atoms with Gasteiger partial charge in [0.15, 0.2) is 0 Å². The Morgan fingerprint density at radius 3 is 2.87 bits per heavy atom. The molecule has 1 heterocycles. The Balaban J connectivity index is 2.95. The van der Waals surface area contributed by atoms with E-state index < -0.39 is 18.1 Å². The number of hydrogen-bond acceptors (Lipinski definition) is 3. The second kappa shape index (κ2) is 5.02. The average Bonchev–Trinajstić information content (AvgIpc) is 2.20. The number of nitrogens with zero attached hydrogens (tertiary/aromatic N) is 1. The van der Waals surface area contributed by atoms with Gasteiger partial charge in [-0.1, -0.05) is 11.6 Å². The highest BCUT2D eigenvalue weighted by molar-refractivity contribution is 6.31. The fourth-order valence-electron chi connectivity index (χ4n) is 0.981. The summed E-state index contributed by atoms with van der Waals surface area (Å²) >= 11 is 5.69. The summed E-state index contributed by atoms with van der Waals surface area (Å²) in [4.78, 5) is 14.4. The van der Waals surface area contributed by atoms with Gasteiger partial charge in [-0.2, -0.15) is 0 Å². The molecule has 0 spiro atoms. The molecular weight excluding hydrogens is 228 g/mol. The molecule has 1 aromatic rings. The van der Waals surface area contributed by atoms with Gasteiger partial charge in [0.05, 0.1) is 18.6 Å². The Kier molecular flexibility index (Phi) is 3.96. The smallest absolute Gasteiger partial charge is 0.310 e. The largest absolute Gasteiger partial charge is 0.469 e. The van der Waals surface area contributed by atoms with Crippen LogP contribution in [0.15, 0.2) is 12.3 Å². The number of alkyl halides is 2. The first-order chi connectivity index (χ1) is 7.04. The van der Waals surface area contributed by atoms with Gasteiger partial charge >= 0.3 is 5.97 Å². The van der Waals surface area contributed by atoms with Gasteiger partial charge in [-0.05, 0) is 11.6 Å². The van der Waals surface area contributed by atoms with Crippen LogP contribution in [0.3, 0.4) is 0 Å². The third-order valence-corrected chi connectivity index (χ3v) is 2.08. The van der Waals surface area contributed by atoms with E-state index in [2.05, 4.69) is 9.72 Å². The highest BCUT2D eigenvalue weighted by Crippen LogP contribution is 2.22. The third-order valence-electron chi connectivity index (χ3n) is 1.74. The molecule has 0 aliphatic rings. The number of hydrogen-bond donors (Lipinski definition) is 0. The van der Waals surface area contributed by atoms with Gasteiger partial charge in [-0.3, -0.25) is 9.78 Å². The Bertz CT molecular complexity index is 371. The number of ether oxygens (including phenoxy) is 1. The maximum absolute atomic E-state index is 12.3. The van der Waals surface area contributed by atoms with Gasteiger partial charge in [-0.25, -0.2) is 8.78 Å². The molecule has 0 unspecified atom stereocenters. The lowest BCUT2D eigenvalue weighted by Crippen LogP contribution is -2.06. The van der Waals surface area contributed by atoms with Crippen LogP contribution in [0.1, 0.15) is 17.7 Å². The predicted molar refractivity (Wildman–Crippen MR) is 49.9 cm³/mol. The maximum atomic E-state index is 12.3. The fraction of sp³-hybridized carbons (Fsp3) is 0.333. The molecule has 0 bridgehead atoms. The third kappa shape index (κ3) is 3.13. The molecule has 1 aromatic heterocycles. The molecule has 6 heteroatoms. The van der Waals surface area contributed by atoms with Crippen LogP contribution in [-0.4, -0.2) is 18.1 Å². The van der Waals surface area contributed by atoms with E-state index in [-0.39, 0.29) is 17.0 Å². The minimum Gasteiger partial charge on any atom is -0.469 e. The highest BCUT2D eigenvalue weighted by Gasteiger charge is 2.13. The monoisotopic (exact) mass is 235 g/mol. The molecule has 0 aromatic carbocycles. The molecule has 0 fully saturated rings. The van der Waals surface area contributed by atoms with E-state index in [1.165, 1.54) is 7.11 Å². The second-order valence-corrected chi connectivity index (χ2v) is 3.16. The molecule has 0 saturated heterocycles. The van der Waals surface area contributed by atoms with Crippen LogP contribution >= 0.6 is 11.6 Å². The molecule has 0 radical (unpaired) electrons. The first-order valence-corrected chi connectivity index (χ1v) is 4.41. The van der Waals surface area contributed by atoms with Crippen LogP contribution in [-0.2, 0) is 16.0 Å². The summed E-state index contributed by atoms with van der Waals surface area (Å²) in [5, 5.41) is 0.171. The minimum atomic E-state index is -2.68. The van der Waals surface area contributed by atoms with Crippen LogP contribution in [0.5, 0.6) is 0 Å². The summed E-state index contributed by atoms with van der Waals surface area (Å²) < 4.78 is 29.0. The predicted octanol–water partition coefficient (Wildman–Crippen LogP) is 2.39. The Hall–Kier alpha value is -1.23. The van der Waals surface area contributed by atoms with Crippen molar-refractivity contribution < 1.29 is 18.3 Å². The van der Waals surface area contributed by atoms with Gasteiger partial charge in [0.1, 0.15) is 5.69 Å². The fourth-order valence-corrected chi connectivity index (χ4v) is 1.15. The Morgan fingerprint density at radius 1 is 1.67 bits per heavy atom. The van der Waals surface area contributed by atoms with Crippen molar-refractivity contribution in [3.8, 4) is 0 Å². The summed E-state index contributed by atoms with van der Waals surface area (Å²) in [5.41, 5.74) is -0.118. The van der Waals surface area contributed by atoms with Crippen molar-refractivity contribution in [2.45, 2.75) is 12.8 Å². The zero-order valence-corrected chi connectivity index (χ0v) is 8.59. The number of pyridine rings is 1. The van der Waals surface area contributed by atoms with Crippen LogP contribution in [0.4, 0.5) is 8.78 Å².